The van der Waals surface area contributed by atoms with Gasteiger partial charge in [-0.3, -0.25) is 0 Å². The van der Waals surface area contributed by atoms with Crippen LogP contribution in [0.25, 0.3) is 0 Å². The fourth-order valence-electron chi connectivity index (χ4n) is 1.87. The van der Waals surface area contributed by atoms with Gasteiger partial charge in [0.05, 0.1) is 12.6 Å². The van der Waals surface area contributed by atoms with Crippen molar-refractivity contribution < 1.29 is 9.84 Å². The number of rotatable bonds is 7. The van der Waals surface area contributed by atoms with Gasteiger partial charge in [-0.15, -0.1) is 0 Å². The Morgan fingerprint density at radius 3 is 2.61 bits per heavy atom. The van der Waals surface area contributed by atoms with Crippen LogP contribution < -0.4 is 10.1 Å². The summed E-state index contributed by atoms with van der Waals surface area (Å²) >= 11 is 0. The number of hydrogen-bond donors (Lipinski definition) is 2. The number of nitrogens with one attached hydrogen (secondary N) is 1. The third-order valence-electron chi connectivity index (χ3n) is 3.11. The minimum absolute atomic E-state index is 0.00479. The summed E-state index contributed by atoms with van der Waals surface area (Å²) in [5.41, 5.74) is 3.62. The van der Waals surface area contributed by atoms with Gasteiger partial charge in [-0.1, -0.05) is 13.0 Å². The van der Waals surface area contributed by atoms with Crippen LogP contribution in [0.1, 0.15) is 30.0 Å². The van der Waals surface area contributed by atoms with E-state index in [9.17, 15) is 5.11 Å². The molecule has 102 valence electrons. The molecule has 1 unspecified atom stereocenters. The molecule has 0 bridgehead atoms. The number of aryl methyl sites for hydroxylation is 2. The summed E-state index contributed by atoms with van der Waals surface area (Å²) in [5, 5.41) is 12.5. The van der Waals surface area contributed by atoms with E-state index in [0.29, 0.717) is 6.61 Å². The predicted molar refractivity (Wildman–Crippen MR) is 75.3 cm³/mol. The van der Waals surface area contributed by atoms with Crippen LogP contribution in [-0.2, 0) is 0 Å². The first-order chi connectivity index (χ1) is 8.58. The van der Waals surface area contributed by atoms with E-state index in [1.165, 1.54) is 16.7 Å². The van der Waals surface area contributed by atoms with Gasteiger partial charge in [0.15, 0.2) is 0 Å². The zero-order valence-corrected chi connectivity index (χ0v) is 11.9. The third kappa shape index (κ3) is 4.31. The molecule has 3 heteroatoms. The number of ether oxygens (including phenoxy) is 1. The van der Waals surface area contributed by atoms with Crippen LogP contribution in [0.5, 0.6) is 5.75 Å². The molecule has 0 aliphatic carbocycles. The number of benzene rings is 1. The van der Waals surface area contributed by atoms with Crippen LogP contribution in [0.3, 0.4) is 0 Å². The third-order valence-corrected chi connectivity index (χ3v) is 3.11. The van der Waals surface area contributed by atoms with Gasteiger partial charge in [0.25, 0.3) is 0 Å². The Morgan fingerprint density at radius 2 is 2.00 bits per heavy atom. The Balaban J connectivity index is 2.61. The average molecular weight is 251 g/mol. The van der Waals surface area contributed by atoms with Gasteiger partial charge in [-0.2, -0.15) is 0 Å². The lowest BCUT2D eigenvalue weighted by Crippen LogP contribution is -2.38. The molecule has 0 heterocycles. The fourth-order valence-corrected chi connectivity index (χ4v) is 1.87. The van der Waals surface area contributed by atoms with E-state index >= 15 is 0 Å². The first-order valence-corrected chi connectivity index (χ1v) is 6.63. The molecule has 0 fully saturated rings. The normalized spacial score (nSPS) is 12.5. The van der Waals surface area contributed by atoms with Crippen molar-refractivity contribution in [2.45, 2.75) is 40.2 Å². The van der Waals surface area contributed by atoms with Crippen LogP contribution >= 0.6 is 0 Å². The lowest BCUT2D eigenvalue weighted by atomic mass is 10.1. The van der Waals surface area contributed by atoms with E-state index in [-0.39, 0.29) is 12.6 Å². The molecule has 0 spiro atoms. The van der Waals surface area contributed by atoms with Crippen LogP contribution in [0, 0.1) is 20.8 Å². The molecular formula is C15H25NO2. The highest BCUT2D eigenvalue weighted by atomic mass is 16.5. The van der Waals surface area contributed by atoms with Gasteiger partial charge in [0, 0.05) is 0 Å². The summed E-state index contributed by atoms with van der Waals surface area (Å²) in [4.78, 5) is 0. The van der Waals surface area contributed by atoms with Crippen LogP contribution in [0.15, 0.2) is 12.1 Å². The Labute approximate surface area is 110 Å². The maximum atomic E-state index is 9.27. The SMILES string of the molecule is CCCNC(CO)COc1cc(C)cc(C)c1C. The monoisotopic (exact) mass is 251 g/mol. The second-order valence-electron chi connectivity index (χ2n) is 4.85. The van der Waals surface area contributed by atoms with Crippen LogP contribution in [0.2, 0.25) is 0 Å². The molecule has 1 aromatic carbocycles. The van der Waals surface area contributed by atoms with Crippen molar-refractivity contribution >= 4 is 0 Å². The quantitative estimate of drug-likeness (QED) is 0.781. The minimum Gasteiger partial charge on any atom is -0.492 e. The molecule has 0 aliphatic heterocycles. The Morgan fingerprint density at radius 1 is 1.28 bits per heavy atom. The van der Waals surface area contributed by atoms with Crippen molar-refractivity contribution in [2.24, 2.45) is 0 Å². The molecule has 1 aromatic rings. The van der Waals surface area contributed by atoms with Crippen molar-refractivity contribution in [3.05, 3.63) is 28.8 Å². The molecule has 0 saturated heterocycles. The van der Waals surface area contributed by atoms with Gasteiger partial charge in [0.1, 0.15) is 12.4 Å². The first-order valence-electron chi connectivity index (χ1n) is 6.63. The van der Waals surface area contributed by atoms with E-state index in [2.05, 4.69) is 45.1 Å². The average Bonchev–Trinajstić information content (AvgIpc) is 2.35. The molecule has 1 atom stereocenters. The summed E-state index contributed by atoms with van der Waals surface area (Å²) in [7, 11) is 0. The number of hydrogen-bond acceptors (Lipinski definition) is 3. The maximum Gasteiger partial charge on any atom is 0.122 e. The van der Waals surface area contributed by atoms with Crippen molar-refractivity contribution in [3.63, 3.8) is 0 Å². The van der Waals surface area contributed by atoms with Gasteiger partial charge in [-0.05, 0) is 56.5 Å². The maximum absolute atomic E-state index is 9.27. The van der Waals surface area contributed by atoms with Crippen LogP contribution in [-0.4, -0.2) is 30.9 Å². The van der Waals surface area contributed by atoms with Gasteiger partial charge < -0.3 is 15.2 Å². The van der Waals surface area contributed by atoms with Gasteiger partial charge >= 0.3 is 0 Å². The molecule has 3 nitrogen and oxygen atoms in total. The largest absolute Gasteiger partial charge is 0.492 e. The molecule has 1 rings (SSSR count). The lowest BCUT2D eigenvalue weighted by molar-refractivity contribution is 0.183. The highest BCUT2D eigenvalue weighted by molar-refractivity contribution is 5.41. The highest BCUT2D eigenvalue weighted by Gasteiger charge is 2.09. The smallest absolute Gasteiger partial charge is 0.122 e. The first kappa shape index (κ1) is 15.0. The number of aliphatic hydroxyl groups is 1. The lowest BCUT2D eigenvalue weighted by Gasteiger charge is -2.18. The fraction of sp³-hybridized carbons (Fsp3) is 0.600. The van der Waals surface area contributed by atoms with Crippen molar-refractivity contribution in [1.29, 1.82) is 0 Å². The van der Waals surface area contributed by atoms with E-state index < -0.39 is 0 Å². The van der Waals surface area contributed by atoms with Crippen molar-refractivity contribution in [2.75, 3.05) is 19.8 Å². The Kier molecular flexibility index (Phi) is 6.16. The van der Waals surface area contributed by atoms with Gasteiger partial charge in [0.2, 0.25) is 0 Å². The van der Waals surface area contributed by atoms with E-state index in [0.717, 1.165) is 18.7 Å². The zero-order valence-electron chi connectivity index (χ0n) is 11.9. The molecular weight excluding hydrogens is 226 g/mol. The molecule has 2 N–H and O–H groups in total. The second-order valence-corrected chi connectivity index (χ2v) is 4.85. The van der Waals surface area contributed by atoms with E-state index in [4.69, 9.17) is 4.74 Å². The molecule has 0 radical (unpaired) electrons. The van der Waals surface area contributed by atoms with Gasteiger partial charge in [-0.25, -0.2) is 0 Å². The molecule has 0 aliphatic rings. The molecule has 0 aromatic heterocycles. The second kappa shape index (κ2) is 7.39. The van der Waals surface area contributed by atoms with Crippen molar-refractivity contribution in [1.82, 2.24) is 5.32 Å². The van der Waals surface area contributed by atoms with E-state index in [1.807, 2.05) is 0 Å². The summed E-state index contributed by atoms with van der Waals surface area (Å²) in [6, 6.07) is 4.21. The summed E-state index contributed by atoms with van der Waals surface area (Å²) < 4.78 is 5.83. The summed E-state index contributed by atoms with van der Waals surface area (Å²) in [6.45, 7) is 9.84. The molecule has 18 heavy (non-hydrogen) atoms. The predicted octanol–water partition coefficient (Wildman–Crippen LogP) is 2.35. The molecule has 0 amide bonds. The topological polar surface area (TPSA) is 41.5 Å². The minimum atomic E-state index is 0.00479. The zero-order chi connectivity index (χ0) is 13.5. The standard InChI is InChI=1S/C15H25NO2/c1-5-6-16-14(9-17)10-18-15-8-11(2)7-12(3)13(15)4/h7-8,14,16-17H,5-6,9-10H2,1-4H3. The Hall–Kier alpha value is -1.06. The number of aliphatic hydroxyl groups excluding tert-OH is 1. The summed E-state index contributed by atoms with van der Waals surface area (Å²) in [5.74, 6) is 0.921. The summed E-state index contributed by atoms with van der Waals surface area (Å²) in [6.07, 6.45) is 1.05. The Bertz CT molecular complexity index is 377. The molecule has 0 saturated carbocycles. The van der Waals surface area contributed by atoms with E-state index in [1.54, 1.807) is 0 Å². The van der Waals surface area contributed by atoms with Crippen LogP contribution in [0.4, 0.5) is 0 Å². The highest BCUT2D eigenvalue weighted by Crippen LogP contribution is 2.23. The van der Waals surface area contributed by atoms with Crippen molar-refractivity contribution in [3.8, 4) is 5.75 Å².